The molecule has 0 aliphatic rings. The summed E-state index contributed by atoms with van der Waals surface area (Å²) in [5.41, 5.74) is 1.67. The largest absolute Gasteiger partial charge is 0.489 e. The fourth-order valence-corrected chi connectivity index (χ4v) is 2.17. The van der Waals surface area contributed by atoms with Crippen LogP contribution in [0.15, 0.2) is 42.5 Å². The third-order valence-corrected chi connectivity index (χ3v) is 3.86. The minimum absolute atomic E-state index is 0.133. The monoisotopic (exact) mass is 292 g/mol. The molecule has 0 saturated carbocycles. The van der Waals surface area contributed by atoms with Gasteiger partial charge in [0.15, 0.2) is 0 Å². The molecule has 0 heterocycles. The Morgan fingerprint density at radius 2 is 1.85 bits per heavy atom. The van der Waals surface area contributed by atoms with Gasteiger partial charge in [0, 0.05) is 5.56 Å². The number of hydrogen-bond donors (Lipinski definition) is 0. The van der Waals surface area contributed by atoms with Crippen molar-refractivity contribution in [3.05, 3.63) is 64.4 Å². The molecular weight excluding hydrogens is 275 g/mol. The first kappa shape index (κ1) is 14.9. The lowest BCUT2D eigenvalue weighted by molar-refractivity contribution is 0.300. The second kappa shape index (κ2) is 6.76. The standard InChI is InChI=1S/C17H18ClFO/c1-3-12(2)13-7-9-14(10-8-13)20-11-15-16(18)5-4-6-17(15)19/h4-10,12H,3,11H2,1-2H3. The molecule has 3 heteroatoms. The lowest BCUT2D eigenvalue weighted by Crippen LogP contribution is -2.00. The van der Waals surface area contributed by atoms with Crippen LogP contribution in [0, 0.1) is 5.82 Å². The average Bonchev–Trinajstić information content (AvgIpc) is 2.46. The molecule has 0 aromatic heterocycles. The highest BCUT2D eigenvalue weighted by Crippen LogP contribution is 2.24. The van der Waals surface area contributed by atoms with Crippen molar-refractivity contribution in [1.82, 2.24) is 0 Å². The SMILES string of the molecule is CCC(C)c1ccc(OCc2c(F)cccc2Cl)cc1. The molecule has 1 nitrogen and oxygen atoms in total. The van der Waals surface area contributed by atoms with Gasteiger partial charge in [-0.25, -0.2) is 4.39 Å². The molecule has 0 amide bonds. The van der Waals surface area contributed by atoms with Gasteiger partial charge in [0.1, 0.15) is 18.2 Å². The summed E-state index contributed by atoms with van der Waals surface area (Å²) < 4.78 is 19.2. The van der Waals surface area contributed by atoms with Crippen molar-refractivity contribution >= 4 is 11.6 Å². The molecule has 0 fully saturated rings. The second-order valence-corrected chi connectivity index (χ2v) is 5.27. The Morgan fingerprint density at radius 3 is 2.45 bits per heavy atom. The number of ether oxygens (including phenoxy) is 1. The van der Waals surface area contributed by atoms with Gasteiger partial charge in [-0.15, -0.1) is 0 Å². The Hall–Kier alpha value is -1.54. The highest BCUT2D eigenvalue weighted by atomic mass is 35.5. The van der Waals surface area contributed by atoms with Crippen molar-refractivity contribution in [3.63, 3.8) is 0 Å². The molecular formula is C17H18ClFO. The minimum atomic E-state index is -0.339. The van der Waals surface area contributed by atoms with E-state index in [1.54, 1.807) is 12.1 Å². The van der Waals surface area contributed by atoms with Gasteiger partial charge in [-0.1, -0.05) is 43.6 Å². The molecule has 0 radical (unpaired) electrons. The van der Waals surface area contributed by atoms with E-state index in [-0.39, 0.29) is 12.4 Å². The number of rotatable bonds is 5. The van der Waals surface area contributed by atoms with Gasteiger partial charge in [0.25, 0.3) is 0 Å². The number of halogens is 2. The van der Waals surface area contributed by atoms with Crippen LogP contribution >= 0.6 is 11.6 Å². The van der Waals surface area contributed by atoms with E-state index in [4.69, 9.17) is 16.3 Å². The highest BCUT2D eigenvalue weighted by molar-refractivity contribution is 6.31. The summed E-state index contributed by atoms with van der Waals surface area (Å²) in [6.07, 6.45) is 1.10. The zero-order valence-electron chi connectivity index (χ0n) is 11.7. The first-order valence-corrected chi connectivity index (χ1v) is 7.15. The van der Waals surface area contributed by atoms with Crippen LogP contribution in [0.5, 0.6) is 5.75 Å². The molecule has 2 aromatic rings. The fourth-order valence-electron chi connectivity index (χ4n) is 1.95. The molecule has 0 spiro atoms. The van der Waals surface area contributed by atoms with Crippen LogP contribution in [0.2, 0.25) is 5.02 Å². The first-order chi connectivity index (χ1) is 9.61. The van der Waals surface area contributed by atoms with Gasteiger partial charge in [-0.2, -0.15) is 0 Å². The summed E-state index contributed by atoms with van der Waals surface area (Å²) in [7, 11) is 0. The van der Waals surface area contributed by atoms with Gasteiger partial charge in [0.05, 0.1) is 5.02 Å². The molecule has 2 aromatic carbocycles. The Kier molecular flexibility index (Phi) is 5.02. The van der Waals surface area contributed by atoms with Gasteiger partial charge < -0.3 is 4.74 Å². The van der Waals surface area contributed by atoms with Crippen LogP contribution < -0.4 is 4.74 Å². The predicted molar refractivity (Wildman–Crippen MR) is 80.9 cm³/mol. The van der Waals surface area contributed by atoms with Crippen LogP contribution in [-0.4, -0.2) is 0 Å². The molecule has 20 heavy (non-hydrogen) atoms. The van der Waals surface area contributed by atoms with Gasteiger partial charge >= 0.3 is 0 Å². The molecule has 0 saturated heterocycles. The molecule has 2 rings (SSSR count). The smallest absolute Gasteiger partial charge is 0.131 e. The average molecular weight is 293 g/mol. The Labute approximate surface area is 124 Å². The summed E-state index contributed by atoms with van der Waals surface area (Å²) in [4.78, 5) is 0. The lowest BCUT2D eigenvalue weighted by atomic mass is 9.99. The van der Waals surface area contributed by atoms with Crippen LogP contribution in [0.1, 0.15) is 37.3 Å². The van der Waals surface area contributed by atoms with Gasteiger partial charge in [-0.3, -0.25) is 0 Å². The van der Waals surface area contributed by atoms with Crippen LogP contribution in [0.3, 0.4) is 0 Å². The van der Waals surface area contributed by atoms with E-state index >= 15 is 0 Å². The third kappa shape index (κ3) is 3.51. The van der Waals surface area contributed by atoms with E-state index in [9.17, 15) is 4.39 Å². The second-order valence-electron chi connectivity index (χ2n) is 4.87. The highest BCUT2D eigenvalue weighted by Gasteiger charge is 2.08. The quantitative estimate of drug-likeness (QED) is 0.700. The maximum absolute atomic E-state index is 13.6. The van der Waals surface area contributed by atoms with Crippen molar-refractivity contribution in [1.29, 1.82) is 0 Å². The zero-order valence-corrected chi connectivity index (χ0v) is 12.5. The molecule has 106 valence electrons. The third-order valence-electron chi connectivity index (χ3n) is 3.51. The van der Waals surface area contributed by atoms with Crippen molar-refractivity contribution < 1.29 is 9.13 Å². The maximum Gasteiger partial charge on any atom is 0.131 e. The topological polar surface area (TPSA) is 9.23 Å². The van der Waals surface area contributed by atoms with Crippen LogP contribution in [0.4, 0.5) is 4.39 Å². The van der Waals surface area contributed by atoms with E-state index in [2.05, 4.69) is 13.8 Å². The first-order valence-electron chi connectivity index (χ1n) is 6.77. The number of hydrogen-bond acceptors (Lipinski definition) is 1. The minimum Gasteiger partial charge on any atom is -0.489 e. The predicted octanol–water partition coefficient (Wildman–Crippen LogP) is 5.57. The van der Waals surface area contributed by atoms with E-state index in [1.807, 2.05) is 24.3 Å². The van der Waals surface area contributed by atoms with Crippen LogP contribution in [0.25, 0.3) is 0 Å². The summed E-state index contributed by atoms with van der Waals surface area (Å²) in [5, 5.41) is 0.390. The van der Waals surface area contributed by atoms with Crippen LogP contribution in [-0.2, 0) is 6.61 Å². The summed E-state index contributed by atoms with van der Waals surface area (Å²) in [6.45, 7) is 4.48. The molecule has 0 aliphatic heterocycles. The Bertz CT molecular complexity index is 545. The molecule has 0 N–H and O–H groups in total. The fraction of sp³-hybridized carbons (Fsp3) is 0.294. The number of benzene rings is 2. The molecule has 1 unspecified atom stereocenters. The van der Waals surface area contributed by atoms with Crippen molar-refractivity contribution in [2.75, 3.05) is 0 Å². The zero-order chi connectivity index (χ0) is 14.5. The molecule has 0 aliphatic carbocycles. The normalized spacial score (nSPS) is 12.2. The maximum atomic E-state index is 13.6. The Balaban J connectivity index is 2.04. The molecule has 1 atom stereocenters. The van der Waals surface area contributed by atoms with E-state index in [0.29, 0.717) is 16.5 Å². The summed E-state index contributed by atoms with van der Waals surface area (Å²) in [6, 6.07) is 12.6. The van der Waals surface area contributed by atoms with Crippen molar-refractivity contribution in [2.45, 2.75) is 32.8 Å². The van der Waals surface area contributed by atoms with Gasteiger partial charge in [-0.05, 0) is 42.2 Å². The van der Waals surface area contributed by atoms with E-state index in [0.717, 1.165) is 12.2 Å². The lowest BCUT2D eigenvalue weighted by Gasteiger charge is -2.11. The summed E-state index contributed by atoms with van der Waals surface area (Å²) in [5.74, 6) is 0.912. The molecule has 0 bridgehead atoms. The van der Waals surface area contributed by atoms with Crippen molar-refractivity contribution in [2.24, 2.45) is 0 Å². The van der Waals surface area contributed by atoms with E-state index in [1.165, 1.54) is 11.6 Å². The summed E-state index contributed by atoms with van der Waals surface area (Å²) >= 11 is 5.96. The van der Waals surface area contributed by atoms with Gasteiger partial charge in [0.2, 0.25) is 0 Å². The van der Waals surface area contributed by atoms with Crippen molar-refractivity contribution in [3.8, 4) is 5.75 Å². The Morgan fingerprint density at radius 1 is 1.15 bits per heavy atom. The van der Waals surface area contributed by atoms with E-state index < -0.39 is 0 Å².